The number of carbonyl (C=O) groups is 2. The highest BCUT2D eigenvalue weighted by Crippen LogP contribution is 2.26. The molecule has 0 unspecified atom stereocenters. The number of rotatable bonds is 5. The van der Waals surface area contributed by atoms with E-state index in [1.165, 1.54) is 0 Å². The van der Waals surface area contributed by atoms with Crippen LogP contribution >= 0.6 is 0 Å². The Hall–Kier alpha value is -3.36. The molecule has 0 spiro atoms. The maximum Gasteiger partial charge on any atom is 0.270 e. The fraction of sp³-hybridized carbons (Fsp3) is 0.400. The molecule has 2 fully saturated rings. The summed E-state index contributed by atoms with van der Waals surface area (Å²) in [6.07, 6.45) is 3.41. The van der Waals surface area contributed by atoms with Crippen LogP contribution in [0.5, 0.6) is 5.75 Å². The largest absolute Gasteiger partial charge is 0.497 e. The van der Waals surface area contributed by atoms with Crippen LogP contribution < -0.4 is 4.74 Å². The first kappa shape index (κ1) is 17.7. The third kappa shape index (κ3) is 3.22. The Balaban J connectivity index is 1.21. The van der Waals surface area contributed by atoms with Crippen LogP contribution in [0.2, 0.25) is 0 Å². The van der Waals surface area contributed by atoms with Gasteiger partial charge in [-0.3, -0.25) is 9.59 Å². The van der Waals surface area contributed by atoms with Crippen molar-refractivity contribution < 1.29 is 14.3 Å². The van der Waals surface area contributed by atoms with Crippen molar-refractivity contribution in [2.45, 2.75) is 25.4 Å². The minimum atomic E-state index is -0.0283. The Morgan fingerprint density at radius 2 is 2.17 bits per heavy atom. The van der Waals surface area contributed by atoms with Gasteiger partial charge in [0.15, 0.2) is 0 Å². The molecule has 0 atom stereocenters. The summed E-state index contributed by atoms with van der Waals surface area (Å²) in [6, 6.07) is 7.67. The van der Waals surface area contributed by atoms with E-state index < -0.39 is 0 Å². The van der Waals surface area contributed by atoms with Crippen molar-refractivity contribution in [2.75, 3.05) is 26.7 Å². The van der Waals surface area contributed by atoms with Gasteiger partial charge in [0.05, 0.1) is 25.9 Å². The quantitative estimate of drug-likeness (QED) is 0.709. The lowest BCUT2D eigenvalue weighted by atomic mass is 10.1. The van der Waals surface area contributed by atoms with Crippen LogP contribution in [0.25, 0.3) is 10.9 Å². The Morgan fingerprint density at radius 1 is 1.31 bits per heavy atom. The number of ether oxygens (including phenoxy) is 1. The Morgan fingerprint density at radius 3 is 2.93 bits per heavy atom. The number of methoxy groups -OCH3 is 1. The molecule has 0 bridgehead atoms. The molecule has 5 rings (SSSR count). The van der Waals surface area contributed by atoms with E-state index in [4.69, 9.17) is 4.74 Å². The van der Waals surface area contributed by atoms with Crippen molar-refractivity contribution in [3.63, 3.8) is 0 Å². The number of fused-ring (bicyclic) bond motifs is 1. The second-order valence-corrected chi connectivity index (χ2v) is 7.61. The topological polar surface area (TPSA) is 96.3 Å². The highest BCUT2D eigenvalue weighted by atomic mass is 16.5. The molecule has 2 aliphatic rings. The van der Waals surface area contributed by atoms with Gasteiger partial charge >= 0.3 is 0 Å². The lowest BCUT2D eigenvalue weighted by molar-refractivity contribution is -0.128. The summed E-state index contributed by atoms with van der Waals surface area (Å²) in [5.41, 5.74) is 2.23. The van der Waals surface area contributed by atoms with Crippen LogP contribution in [-0.2, 0) is 11.3 Å². The molecule has 2 aliphatic heterocycles. The standard InChI is InChI=1S/C20H22N6O3/c1-29-16-5-4-13-7-18(21-17(13)8-16)20(28)25-11-15(12-25)26-10-14(22-23-26)9-24-6-2-3-19(24)27/h4-5,7-8,10,15,21H,2-3,6,9,11-12H2,1H3. The van der Waals surface area contributed by atoms with Gasteiger partial charge in [0.1, 0.15) is 17.1 Å². The van der Waals surface area contributed by atoms with Crippen LogP contribution in [0, 0.1) is 0 Å². The molecule has 2 saturated heterocycles. The fourth-order valence-electron chi connectivity index (χ4n) is 3.94. The second kappa shape index (κ2) is 6.91. The summed E-state index contributed by atoms with van der Waals surface area (Å²) in [6.45, 7) is 2.46. The van der Waals surface area contributed by atoms with Gasteiger partial charge in [-0.05, 0) is 24.6 Å². The minimum absolute atomic E-state index is 0.0283. The number of H-pyrrole nitrogens is 1. The highest BCUT2D eigenvalue weighted by Gasteiger charge is 2.34. The van der Waals surface area contributed by atoms with E-state index >= 15 is 0 Å². The van der Waals surface area contributed by atoms with E-state index in [9.17, 15) is 9.59 Å². The van der Waals surface area contributed by atoms with Crippen molar-refractivity contribution in [1.82, 2.24) is 29.8 Å². The van der Waals surface area contributed by atoms with Gasteiger partial charge in [-0.1, -0.05) is 5.21 Å². The smallest absolute Gasteiger partial charge is 0.270 e. The summed E-state index contributed by atoms with van der Waals surface area (Å²) in [7, 11) is 1.62. The van der Waals surface area contributed by atoms with Crippen LogP contribution in [0.15, 0.2) is 30.5 Å². The SMILES string of the molecule is COc1ccc2cc(C(=O)N3CC(n4cc(CN5CCCC5=O)nn4)C3)[nH]c2c1. The summed E-state index contributed by atoms with van der Waals surface area (Å²) < 4.78 is 7.03. The molecular weight excluding hydrogens is 372 g/mol. The third-order valence-electron chi connectivity index (χ3n) is 5.67. The Labute approximate surface area is 167 Å². The summed E-state index contributed by atoms with van der Waals surface area (Å²) >= 11 is 0. The minimum Gasteiger partial charge on any atom is -0.497 e. The van der Waals surface area contributed by atoms with Crippen molar-refractivity contribution in [1.29, 1.82) is 0 Å². The number of nitrogens with one attached hydrogen (secondary N) is 1. The lowest BCUT2D eigenvalue weighted by Crippen LogP contribution is -2.51. The van der Waals surface area contributed by atoms with Gasteiger partial charge in [0, 0.05) is 43.0 Å². The average Bonchev–Trinajstić information content (AvgIpc) is 3.41. The van der Waals surface area contributed by atoms with Crippen LogP contribution in [0.3, 0.4) is 0 Å². The molecule has 9 heteroatoms. The van der Waals surface area contributed by atoms with E-state index in [-0.39, 0.29) is 17.9 Å². The highest BCUT2D eigenvalue weighted by molar-refractivity contribution is 5.98. The first-order chi connectivity index (χ1) is 14.1. The maximum atomic E-state index is 12.8. The van der Waals surface area contributed by atoms with Gasteiger partial charge in [-0.2, -0.15) is 0 Å². The van der Waals surface area contributed by atoms with E-state index in [1.807, 2.05) is 35.4 Å². The predicted octanol–water partition coefficient (Wildman–Crippen LogP) is 1.59. The second-order valence-electron chi connectivity index (χ2n) is 7.61. The zero-order valence-electron chi connectivity index (χ0n) is 16.2. The van der Waals surface area contributed by atoms with Gasteiger partial charge in [-0.15, -0.1) is 5.10 Å². The van der Waals surface area contributed by atoms with E-state index in [1.54, 1.807) is 16.7 Å². The number of hydrogen-bond acceptors (Lipinski definition) is 5. The summed E-state index contributed by atoms with van der Waals surface area (Å²) in [5.74, 6) is 0.898. The van der Waals surface area contributed by atoms with Crippen molar-refractivity contribution >= 4 is 22.7 Å². The van der Waals surface area contributed by atoms with Crippen molar-refractivity contribution in [3.05, 3.63) is 41.9 Å². The Kier molecular flexibility index (Phi) is 4.22. The van der Waals surface area contributed by atoms with E-state index in [2.05, 4.69) is 15.3 Å². The monoisotopic (exact) mass is 394 g/mol. The normalized spacial score (nSPS) is 17.2. The predicted molar refractivity (Wildman–Crippen MR) is 104 cm³/mol. The van der Waals surface area contributed by atoms with E-state index in [0.29, 0.717) is 31.7 Å². The number of nitrogens with zero attached hydrogens (tertiary/aromatic N) is 5. The average molecular weight is 394 g/mol. The first-order valence-electron chi connectivity index (χ1n) is 9.75. The molecule has 1 aromatic carbocycles. The molecular formula is C20H22N6O3. The lowest BCUT2D eigenvalue weighted by Gasteiger charge is -2.38. The Bertz CT molecular complexity index is 1080. The molecule has 3 aromatic rings. The van der Waals surface area contributed by atoms with Gasteiger partial charge in [0.2, 0.25) is 5.91 Å². The molecule has 9 nitrogen and oxygen atoms in total. The number of hydrogen-bond donors (Lipinski definition) is 1. The van der Waals surface area contributed by atoms with E-state index in [0.717, 1.165) is 35.3 Å². The molecule has 2 amide bonds. The summed E-state index contributed by atoms with van der Waals surface area (Å²) in [4.78, 5) is 31.3. The molecule has 0 saturated carbocycles. The number of benzene rings is 1. The number of likely N-dealkylation sites (tertiary alicyclic amines) is 2. The number of carbonyl (C=O) groups excluding carboxylic acids is 2. The zero-order chi connectivity index (χ0) is 20.0. The van der Waals surface area contributed by atoms with Crippen molar-refractivity contribution in [3.8, 4) is 5.75 Å². The van der Waals surface area contributed by atoms with Gasteiger partial charge < -0.3 is 19.5 Å². The zero-order valence-corrected chi connectivity index (χ0v) is 16.2. The van der Waals surface area contributed by atoms with Crippen LogP contribution in [0.1, 0.15) is 35.1 Å². The number of aromatic amines is 1. The third-order valence-corrected chi connectivity index (χ3v) is 5.67. The molecule has 29 heavy (non-hydrogen) atoms. The number of aromatic nitrogens is 4. The first-order valence-corrected chi connectivity index (χ1v) is 9.75. The van der Waals surface area contributed by atoms with Crippen molar-refractivity contribution in [2.24, 2.45) is 0 Å². The molecule has 1 N–H and O–H groups in total. The molecule has 0 aliphatic carbocycles. The summed E-state index contributed by atoms with van der Waals surface area (Å²) in [5, 5.41) is 9.36. The fourth-order valence-corrected chi connectivity index (χ4v) is 3.94. The van der Waals surface area contributed by atoms with Gasteiger partial charge in [-0.25, -0.2) is 4.68 Å². The molecule has 0 radical (unpaired) electrons. The molecule has 4 heterocycles. The van der Waals surface area contributed by atoms with Crippen LogP contribution in [0.4, 0.5) is 0 Å². The van der Waals surface area contributed by atoms with Crippen LogP contribution in [-0.4, -0.2) is 68.3 Å². The molecule has 150 valence electrons. The molecule has 2 aromatic heterocycles. The van der Waals surface area contributed by atoms with Gasteiger partial charge in [0.25, 0.3) is 5.91 Å². The number of amides is 2. The maximum absolute atomic E-state index is 12.8.